The molecule has 2 N–H and O–H groups in total. The number of anilines is 2. The maximum absolute atomic E-state index is 12.5. The third kappa shape index (κ3) is 6.64. The number of hydrazone groups is 1. The Kier molecular flexibility index (Phi) is 8.08. The number of aromatic nitrogens is 1. The van der Waals surface area contributed by atoms with Gasteiger partial charge in [-0.15, -0.1) is 11.3 Å². The van der Waals surface area contributed by atoms with E-state index in [2.05, 4.69) is 20.8 Å². The van der Waals surface area contributed by atoms with E-state index in [9.17, 15) is 4.79 Å². The fourth-order valence-electron chi connectivity index (χ4n) is 3.56. The number of halogens is 1. The molecule has 6 nitrogen and oxygen atoms in total. The van der Waals surface area contributed by atoms with Gasteiger partial charge in [0.05, 0.1) is 11.9 Å². The molecule has 0 atom stereocenters. The summed E-state index contributed by atoms with van der Waals surface area (Å²) in [6, 6.07) is 32.2. The van der Waals surface area contributed by atoms with Crippen molar-refractivity contribution in [3.63, 3.8) is 0 Å². The first kappa shape index (κ1) is 25.2. The minimum Gasteiger partial charge on any atom is -0.489 e. The third-order valence-electron chi connectivity index (χ3n) is 5.58. The van der Waals surface area contributed by atoms with Gasteiger partial charge in [-0.25, -0.2) is 10.4 Å². The molecular formula is C30H23ClN4O2S. The Morgan fingerprint density at radius 1 is 0.921 bits per heavy atom. The SMILES string of the molecule is O=C(N/N=C\c1ccc(OCc2ccccc2Cl)cc1)c1ccc(-c2csc(Nc3ccccc3)n2)cc1. The zero-order valence-corrected chi connectivity index (χ0v) is 21.7. The molecule has 4 aromatic carbocycles. The molecule has 0 spiro atoms. The molecule has 0 unspecified atom stereocenters. The van der Waals surface area contributed by atoms with E-state index >= 15 is 0 Å². The second-order valence-electron chi connectivity index (χ2n) is 8.25. The van der Waals surface area contributed by atoms with Crippen molar-refractivity contribution in [1.82, 2.24) is 10.4 Å². The standard InChI is InChI=1S/C30H23ClN4O2S/c31-27-9-5-4-6-24(27)19-37-26-16-10-21(11-17-26)18-32-35-29(36)23-14-12-22(13-15-23)28-20-38-30(34-28)33-25-7-2-1-3-8-25/h1-18,20H,19H2,(H,33,34)(H,35,36)/b32-18-. The van der Waals surface area contributed by atoms with Crippen LogP contribution in [0.25, 0.3) is 11.3 Å². The number of carbonyl (C=O) groups excluding carboxylic acids is 1. The number of amides is 1. The van der Waals surface area contributed by atoms with Gasteiger partial charge in [-0.2, -0.15) is 5.10 Å². The van der Waals surface area contributed by atoms with Crippen LogP contribution >= 0.6 is 22.9 Å². The second kappa shape index (κ2) is 12.2. The third-order valence-corrected chi connectivity index (χ3v) is 6.71. The molecule has 5 aromatic rings. The Balaban J connectivity index is 1.12. The van der Waals surface area contributed by atoms with Crippen molar-refractivity contribution >= 4 is 45.9 Å². The maximum Gasteiger partial charge on any atom is 0.271 e. The van der Waals surface area contributed by atoms with Crippen molar-refractivity contribution in [1.29, 1.82) is 0 Å². The Hall–Kier alpha value is -4.46. The predicted octanol–water partition coefficient (Wildman–Crippen LogP) is 7.55. The molecule has 0 fully saturated rings. The normalized spacial score (nSPS) is 10.9. The summed E-state index contributed by atoms with van der Waals surface area (Å²) in [5.41, 5.74) is 7.58. The monoisotopic (exact) mass is 538 g/mol. The van der Waals surface area contributed by atoms with Crippen LogP contribution in [0.5, 0.6) is 5.75 Å². The van der Waals surface area contributed by atoms with Gasteiger partial charge in [-0.1, -0.05) is 60.1 Å². The van der Waals surface area contributed by atoms with Crippen molar-refractivity contribution in [3.8, 4) is 17.0 Å². The Labute approximate surface area is 229 Å². The Bertz CT molecular complexity index is 1540. The molecule has 0 radical (unpaired) electrons. The molecule has 5 rings (SSSR count). The largest absolute Gasteiger partial charge is 0.489 e. The summed E-state index contributed by atoms with van der Waals surface area (Å²) >= 11 is 7.70. The van der Waals surface area contributed by atoms with Crippen molar-refractivity contribution in [2.75, 3.05) is 5.32 Å². The number of thiazole rings is 1. The Morgan fingerprint density at radius 3 is 2.42 bits per heavy atom. The van der Waals surface area contributed by atoms with E-state index in [-0.39, 0.29) is 5.91 Å². The maximum atomic E-state index is 12.5. The van der Waals surface area contributed by atoms with E-state index in [1.54, 1.807) is 18.3 Å². The molecule has 1 heterocycles. The first-order valence-corrected chi connectivity index (χ1v) is 13.1. The summed E-state index contributed by atoms with van der Waals surface area (Å²) < 4.78 is 5.79. The van der Waals surface area contributed by atoms with Crippen LogP contribution in [0.2, 0.25) is 5.02 Å². The fraction of sp³-hybridized carbons (Fsp3) is 0.0333. The van der Waals surface area contributed by atoms with Gasteiger partial charge in [0.1, 0.15) is 12.4 Å². The van der Waals surface area contributed by atoms with E-state index in [0.29, 0.717) is 22.9 Å². The van der Waals surface area contributed by atoms with E-state index in [1.165, 1.54) is 11.3 Å². The number of carbonyl (C=O) groups is 1. The molecule has 0 bridgehead atoms. The van der Waals surface area contributed by atoms with E-state index in [4.69, 9.17) is 16.3 Å². The number of nitrogens with one attached hydrogen (secondary N) is 2. The van der Waals surface area contributed by atoms with E-state index in [1.807, 2.05) is 96.4 Å². The molecule has 8 heteroatoms. The number of nitrogens with zero attached hydrogens (tertiary/aromatic N) is 2. The van der Waals surface area contributed by atoms with Crippen LogP contribution in [-0.2, 0) is 6.61 Å². The van der Waals surface area contributed by atoms with Gasteiger partial charge in [0.15, 0.2) is 5.13 Å². The summed E-state index contributed by atoms with van der Waals surface area (Å²) in [7, 11) is 0. The number of para-hydroxylation sites is 1. The molecule has 38 heavy (non-hydrogen) atoms. The second-order valence-corrected chi connectivity index (χ2v) is 9.52. The Morgan fingerprint density at radius 2 is 1.66 bits per heavy atom. The van der Waals surface area contributed by atoms with Gasteiger partial charge in [0.2, 0.25) is 0 Å². The number of ether oxygens (including phenoxy) is 1. The molecular weight excluding hydrogens is 516 g/mol. The summed E-state index contributed by atoms with van der Waals surface area (Å²) in [6.07, 6.45) is 1.58. The van der Waals surface area contributed by atoms with Gasteiger partial charge in [0.25, 0.3) is 5.91 Å². The van der Waals surface area contributed by atoms with Crippen molar-refractivity contribution < 1.29 is 9.53 Å². The van der Waals surface area contributed by atoms with Crippen molar-refractivity contribution in [3.05, 3.63) is 130 Å². The minimum atomic E-state index is -0.294. The molecule has 1 aromatic heterocycles. The fourth-order valence-corrected chi connectivity index (χ4v) is 4.49. The smallest absolute Gasteiger partial charge is 0.271 e. The van der Waals surface area contributed by atoms with Crippen LogP contribution in [-0.4, -0.2) is 17.1 Å². The van der Waals surface area contributed by atoms with Gasteiger partial charge in [0, 0.05) is 32.8 Å². The number of benzene rings is 4. The molecule has 0 aliphatic rings. The molecule has 0 aliphatic heterocycles. The lowest BCUT2D eigenvalue weighted by Crippen LogP contribution is -2.17. The average Bonchev–Trinajstić information content (AvgIpc) is 3.42. The summed E-state index contributed by atoms with van der Waals surface area (Å²) in [5.74, 6) is 0.423. The first-order valence-electron chi connectivity index (χ1n) is 11.8. The lowest BCUT2D eigenvalue weighted by Gasteiger charge is -2.07. The first-order chi connectivity index (χ1) is 18.6. The van der Waals surface area contributed by atoms with E-state index in [0.717, 1.165) is 33.2 Å². The molecule has 0 saturated heterocycles. The average molecular weight is 539 g/mol. The highest BCUT2D eigenvalue weighted by molar-refractivity contribution is 7.14. The lowest BCUT2D eigenvalue weighted by molar-refractivity contribution is 0.0955. The molecule has 1 amide bonds. The summed E-state index contributed by atoms with van der Waals surface area (Å²) in [5, 5.41) is 10.8. The lowest BCUT2D eigenvalue weighted by atomic mass is 10.1. The highest BCUT2D eigenvalue weighted by Gasteiger charge is 2.08. The highest BCUT2D eigenvalue weighted by Crippen LogP contribution is 2.27. The van der Waals surface area contributed by atoms with Crippen LogP contribution in [0.3, 0.4) is 0 Å². The predicted molar refractivity (Wildman–Crippen MR) is 155 cm³/mol. The van der Waals surface area contributed by atoms with Gasteiger partial charge < -0.3 is 10.1 Å². The van der Waals surface area contributed by atoms with Crippen molar-refractivity contribution in [2.45, 2.75) is 6.61 Å². The quantitative estimate of drug-likeness (QED) is 0.150. The van der Waals surface area contributed by atoms with Crippen LogP contribution in [0, 0.1) is 0 Å². The zero-order chi connectivity index (χ0) is 26.2. The highest BCUT2D eigenvalue weighted by atomic mass is 35.5. The van der Waals surface area contributed by atoms with Gasteiger partial charge in [-0.3, -0.25) is 4.79 Å². The van der Waals surface area contributed by atoms with Crippen LogP contribution in [0.15, 0.2) is 114 Å². The number of rotatable bonds is 9. The molecule has 0 aliphatic carbocycles. The van der Waals surface area contributed by atoms with Crippen molar-refractivity contribution in [2.24, 2.45) is 5.10 Å². The van der Waals surface area contributed by atoms with Gasteiger partial charge >= 0.3 is 0 Å². The number of hydrogen-bond acceptors (Lipinski definition) is 6. The van der Waals surface area contributed by atoms with Crippen LogP contribution in [0.1, 0.15) is 21.5 Å². The zero-order valence-electron chi connectivity index (χ0n) is 20.2. The number of hydrogen-bond donors (Lipinski definition) is 2. The van der Waals surface area contributed by atoms with Crippen LogP contribution in [0.4, 0.5) is 10.8 Å². The summed E-state index contributed by atoms with van der Waals surface area (Å²) in [6.45, 7) is 0.385. The summed E-state index contributed by atoms with van der Waals surface area (Å²) in [4.78, 5) is 17.2. The molecule has 0 saturated carbocycles. The van der Waals surface area contributed by atoms with Gasteiger partial charge in [-0.05, 0) is 60.2 Å². The minimum absolute atomic E-state index is 0.294. The molecule has 188 valence electrons. The van der Waals surface area contributed by atoms with E-state index < -0.39 is 0 Å². The van der Waals surface area contributed by atoms with Crippen LogP contribution < -0.4 is 15.5 Å². The topological polar surface area (TPSA) is 75.6 Å².